The summed E-state index contributed by atoms with van der Waals surface area (Å²) in [5.74, 6) is -0.714. The maximum atomic E-state index is 13.9. The van der Waals surface area contributed by atoms with Gasteiger partial charge in [-0.2, -0.15) is 0 Å². The van der Waals surface area contributed by atoms with Crippen LogP contribution >= 0.6 is 12.2 Å². The Morgan fingerprint density at radius 1 is 0.853 bits per heavy atom. The molecule has 11 heteroatoms. The van der Waals surface area contributed by atoms with Crippen LogP contribution in [0.5, 0.6) is 0 Å². The van der Waals surface area contributed by atoms with E-state index in [4.69, 9.17) is 12.2 Å². The molecule has 4 rings (SSSR count). The van der Waals surface area contributed by atoms with Crippen LogP contribution in [-0.4, -0.2) is 26.5 Å². The van der Waals surface area contributed by atoms with Gasteiger partial charge in [0, 0.05) is 37.1 Å². The van der Waals surface area contributed by atoms with E-state index in [1.165, 1.54) is 36.4 Å². The molecule has 1 aliphatic carbocycles. The molecule has 1 spiro atoms. The Kier molecular flexibility index (Phi) is 5.68. The summed E-state index contributed by atoms with van der Waals surface area (Å²) in [7, 11) is 0. The smallest absolute Gasteiger partial charge is 0.269 e. The van der Waals surface area contributed by atoms with Crippen molar-refractivity contribution in [2.45, 2.75) is 38.8 Å². The average molecular weight is 483 g/mol. The average Bonchev–Trinajstić information content (AvgIpc) is 2.77. The van der Waals surface area contributed by atoms with E-state index in [0.29, 0.717) is 11.1 Å². The second-order valence-corrected chi connectivity index (χ2v) is 9.83. The van der Waals surface area contributed by atoms with Crippen LogP contribution in [0.15, 0.2) is 48.5 Å². The largest absolute Gasteiger partial charge is 0.354 e. The van der Waals surface area contributed by atoms with Gasteiger partial charge in [0.2, 0.25) is 0 Å². The van der Waals surface area contributed by atoms with Crippen LogP contribution in [0.4, 0.5) is 11.4 Å². The summed E-state index contributed by atoms with van der Waals surface area (Å²) < 4.78 is 0. The van der Waals surface area contributed by atoms with E-state index in [1.807, 2.05) is 13.8 Å². The number of thiocarbonyl (C=S) groups is 1. The van der Waals surface area contributed by atoms with Crippen molar-refractivity contribution in [3.8, 4) is 0 Å². The summed E-state index contributed by atoms with van der Waals surface area (Å²) in [5.41, 5.74) is -1.96. The summed E-state index contributed by atoms with van der Waals surface area (Å²) in [4.78, 5) is 49.5. The van der Waals surface area contributed by atoms with Gasteiger partial charge in [-0.1, -0.05) is 38.1 Å². The number of non-ortho nitro benzene ring substituents is 2. The molecular formula is C23H22N4O6S. The van der Waals surface area contributed by atoms with Crippen molar-refractivity contribution in [1.82, 2.24) is 10.6 Å². The predicted octanol–water partition coefficient (Wildman–Crippen LogP) is 3.71. The van der Waals surface area contributed by atoms with E-state index in [-0.39, 0.29) is 40.9 Å². The molecule has 2 aromatic rings. The van der Waals surface area contributed by atoms with Crippen LogP contribution in [0, 0.1) is 31.1 Å². The Hall–Kier alpha value is -3.73. The van der Waals surface area contributed by atoms with Crippen LogP contribution in [0.25, 0.3) is 0 Å². The van der Waals surface area contributed by atoms with E-state index < -0.39 is 32.8 Å². The van der Waals surface area contributed by atoms with Gasteiger partial charge >= 0.3 is 0 Å². The maximum Gasteiger partial charge on any atom is 0.269 e. The molecular weight excluding hydrogens is 460 g/mol. The molecule has 2 fully saturated rings. The maximum absolute atomic E-state index is 13.9. The number of benzene rings is 2. The summed E-state index contributed by atoms with van der Waals surface area (Å²) in [6.07, 6.45) is 0.178. The molecule has 2 N–H and O–H groups in total. The third-order valence-corrected chi connectivity index (χ3v) is 6.73. The predicted molar refractivity (Wildman–Crippen MR) is 126 cm³/mol. The zero-order chi connectivity index (χ0) is 24.8. The van der Waals surface area contributed by atoms with Crippen LogP contribution in [-0.2, 0) is 9.59 Å². The first-order valence-corrected chi connectivity index (χ1v) is 11.0. The molecule has 1 saturated heterocycles. The Morgan fingerprint density at radius 3 is 1.65 bits per heavy atom. The molecule has 2 unspecified atom stereocenters. The Balaban J connectivity index is 1.97. The molecule has 2 atom stereocenters. The molecule has 176 valence electrons. The molecule has 2 aromatic carbocycles. The van der Waals surface area contributed by atoms with Crippen LogP contribution < -0.4 is 10.6 Å². The van der Waals surface area contributed by atoms with E-state index in [2.05, 4.69) is 10.6 Å². The first kappa shape index (κ1) is 23.4. The van der Waals surface area contributed by atoms with Crippen LogP contribution in [0.1, 0.15) is 49.9 Å². The number of nitro groups is 2. The lowest BCUT2D eigenvalue weighted by Crippen LogP contribution is -2.66. The highest BCUT2D eigenvalue weighted by Gasteiger charge is 2.63. The molecule has 10 nitrogen and oxygen atoms in total. The van der Waals surface area contributed by atoms with E-state index >= 15 is 0 Å². The Morgan fingerprint density at radius 2 is 1.26 bits per heavy atom. The normalized spacial score (nSPS) is 23.2. The molecule has 0 amide bonds. The van der Waals surface area contributed by atoms with Crippen LogP contribution in [0.2, 0.25) is 0 Å². The van der Waals surface area contributed by atoms with Crippen molar-refractivity contribution in [3.63, 3.8) is 0 Å². The Bertz CT molecular complexity index is 1150. The second kappa shape index (κ2) is 8.24. The van der Waals surface area contributed by atoms with E-state index in [1.54, 1.807) is 12.1 Å². The van der Waals surface area contributed by atoms with Crippen molar-refractivity contribution >= 4 is 40.3 Å². The molecule has 1 heterocycles. The number of rotatable bonds is 4. The van der Waals surface area contributed by atoms with Crippen molar-refractivity contribution < 1.29 is 19.4 Å². The molecule has 0 radical (unpaired) electrons. The minimum atomic E-state index is -1.72. The molecule has 0 bridgehead atoms. The highest BCUT2D eigenvalue weighted by Crippen LogP contribution is 2.55. The molecule has 1 aliphatic heterocycles. The summed E-state index contributed by atoms with van der Waals surface area (Å²) in [6.45, 7) is 3.66. The fourth-order valence-electron chi connectivity index (χ4n) is 5.05. The zero-order valence-electron chi connectivity index (χ0n) is 18.4. The molecule has 34 heavy (non-hydrogen) atoms. The van der Waals surface area contributed by atoms with Gasteiger partial charge in [0.15, 0.2) is 16.7 Å². The number of nitro benzene ring substituents is 2. The number of ketones is 2. The van der Waals surface area contributed by atoms with Gasteiger partial charge in [0.05, 0.1) is 21.9 Å². The van der Waals surface area contributed by atoms with Crippen molar-refractivity contribution in [2.75, 3.05) is 0 Å². The molecule has 1 saturated carbocycles. The SMILES string of the molecule is CC1(C)CC(=O)C2(C(=O)C1)C(c1cccc([N+](=O)[O-])c1)NC(=S)NC2c1cccc([N+](=O)[O-])c1. The van der Waals surface area contributed by atoms with Gasteiger partial charge in [-0.25, -0.2) is 0 Å². The number of nitrogens with one attached hydrogen (secondary N) is 2. The number of hydrogen-bond acceptors (Lipinski definition) is 7. The van der Waals surface area contributed by atoms with Crippen molar-refractivity contribution in [1.29, 1.82) is 0 Å². The standard InChI is InChI=1S/C23H22N4O6S/c1-22(2)11-17(28)23(18(29)12-22)19(13-5-3-7-15(9-13)26(30)31)24-21(34)25-20(23)14-6-4-8-16(10-14)27(32)33/h3-10,19-20H,11-12H2,1-2H3,(H2,24,25,34). The first-order chi connectivity index (χ1) is 16.0. The highest BCUT2D eigenvalue weighted by molar-refractivity contribution is 7.80. The minimum absolute atomic E-state index is 0.0890. The molecule has 0 aromatic heterocycles. The van der Waals surface area contributed by atoms with Gasteiger partial charge in [-0.05, 0) is 28.8 Å². The van der Waals surface area contributed by atoms with E-state index in [9.17, 15) is 29.8 Å². The fraction of sp³-hybridized carbons (Fsp3) is 0.348. The summed E-state index contributed by atoms with van der Waals surface area (Å²) in [5, 5.41) is 29.0. The Labute approximate surface area is 200 Å². The lowest BCUT2D eigenvalue weighted by Gasteiger charge is -2.52. The van der Waals surface area contributed by atoms with Gasteiger partial charge in [0.25, 0.3) is 11.4 Å². The number of carbonyl (C=O) groups is 2. The lowest BCUT2D eigenvalue weighted by molar-refractivity contribution is -0.385. The zero-order valence-corrected chi connectivity index (χ0v) is 19.3. The van der Waals surface area contributed by atoms with Gasteiger partial charge < -0.3 is 10.6 Å². The third kappa shape index (κ3) is 3.81. The summed E-state index contributed by atoms with van der Waals surface area (Å²) in [6, 6.07) is 9.45. The number of carbonyl (C=O) groups excluding carboxylic acids is 2. The molecule has 2 aliphatic rings. The fourth-order valence-corrected chi connectivity index (χ4v) is 5.29. The minimum Gasteiger partial charge on any atom is -0.354 e. The topological polar surface area (TPSA) is 144 Å². The van der Waals surface area contributed by atoms with Gasteiger partial charge in [-0.15, -0.1) is 0 Å². The third-order valence-electron chi connectivity index (χ3n) is 6.49. The quantitative estimate of drug-likeness (QED) is 0.288. The monoisotopic (exact) mass is 482 g/mol. The van der Waals surface area contributed by atoms with Gasteiger partial charge in [-0.3, -0.25) is 29.8 Å². The van der Waals surface area contributed by atoms with E-state index in [0.717, 1.165) is 0 Å². The summed E-state index contributed by atoms with van der Waals surface area (Å²) >= 11 is 5.39. The highest BCUT2D eigenvalue weighted by atomic mass is 32.1. The number of Topliss-reactive ketones (excluding diaryl/α,β-unsaturated/α-hetero) is 2. The number of hydrogen-bond donors (Lipinski definition) is 2. The van der Waals surface area contributed by atoms with Crippen LogP contribution in [0.3, 0.4) is 0 Å². The van der Waals surface area contributed by atoms with Crippen molar-refractivity contribution in [3.05, 3.63) is 79.9 Å². The number of nitrogens with zero attached hydrogens (tertiary/aromatic N) is 2. The first-order valence-electron chi connectivity index (χ1n) is 10.6. The second-order valence-electron chi connectivity index (χ2n) is 9.42. The lowest BCUT2D eigenvalue weighted by atomic mass is 9.55. The van der Waals surface area contributed by atoms with Crippen molar-refractivity contribution in [2.24, 2.45) is 10.8 Å². The van der Waals surface area contributed by atoms with Gasteiger partial charge in [0.1, 0.15) is 5.41 Å².